The van der Waals surface area contributed by atoms with Gasteiger partial charge in [-0.3, -0.25) is 4.79 Å². The zero-order valence-electron chi connectivity index (χ0n) is 16.9. The molecule has 2 nitrogen and oxygen atoms in total. The number of unbranched alkanes of at least 4 members (excludes halogenated alkanes) is 6. The van der Waals surface area contributed by atoms with Gasteiger partial charge in [-0.2, -0.15) is 0 Å². The lowest BCUT2D eigenvalue weighted by Gasteiger charge is -2.24. The van der Waals surface area contributed by atoms with Gasteiger partial charge in [0.2, 0.25) is 0 Å². The maximum absolute atomic E-state index is 13.4. The number of fused-ring (bicyclic) bond motifs is 1. The second-order valence-electron chi connectivity index (χ2n) is 7.39. The van der Waals surface area contributed by atoms with Gasteiger partial charge in [-0.1, -0.05) is 88.8 Å². The first-order chi connectivity index (χ1) is 12.7. The van der Waals surface area contributed by atoms with E-state index in [1.54, 1.807) is 0 Å². The molecule has 2 aromatic rings. The number of carbonyl (C=O) groups is 1. The van der Waals surface area contributed by atoms with E-state index >= 15 is 0 Å². The number of nitrogens with zero attached hydrogens (tertiary/aromatic N) is 1. The molecule has 0 heterocycles. The van der Waals surface area contributed by atoms with Crippen LogP contribution >= 0.6 is 0 Å². The molecular weight excluding hydrogens is 318 g/mol. The van der Waals surface area contributed by atoms with Gasteiger partial charge in [0.25, 0.3) is 5.91 Å². The molecule has 0 radical (unpaired) electrons. The minimum absolute atomic E-state index is 0.215. The molecule has 0 atom stereocenters. The maximum Gasteiger partial charge on any atom is 0.254 e. The highest BCUT2D eigenvalue weighted by Crippen LogP contribution is 2.24. The number of hydrogen-bond acceptors (Lipinski definition) is 1. The van der Waals surface area contributed by atoms with Gasteiger partial charge in [-0.05, 0) is 36.1 Å². The summed E-state index contributed by atoms with van der Waals surface area (Å²) in [4.78, 5) is 15.5. The highest BCUT2D eigenvalue weighted by molar-refractivity contribution is 6.08. The van der Waals surface area contributed by atoms with E-state index in [0.29, 0.717) is 0 Å². The Balaban J connectivity index is 2.19. The van der Waals surface area contributed by atoms with Gasteiger partial charge in [0, 0.05) is 13.1 Å². The maximum atomic E-state index is 13.4. The van der Waals surface area contributed by atoms with Crippen LogP contribution in [-0.4, -0.2) is 23.9 Å². The smallest absolute Gasteiger partial charge is 0.254 e. The standard InChI is InChI=1S/C24H35NO/c1-4-6-8-12-18-25(19-13-9-7-5-2)24(26)23-20(3)16-17-21-14-10-11-15-22(21)23/h10-11,14-17H,4-9,12-13,18-19H2,1-3H3. The Morgan fingerprint density at radius 3 is 2.04 bits per heavy atom. The first-order valence-electron chi connectivity index (χ1n) is 10.5. The third-order valence-corrected chi connectivity index (χ3v) is 5.20. The van der Waals surface area contributed by atoms with E-state index in [1.807, 2.05) is 12.1 Å². The zero-order chi connectivity index (χ0) is 18.8. The minimum atomic E-state index is 0.215. The van der Waals surface area contributed by atoms with E-state index in [2.05, 4.69) is 49.9 Å². The van der Waals surface area contributed by atoms with Gasteiger partial charge in [-0.15, -0.1) is 0 Å². The molecule has 0 spiro atoms. The summed E-state index contributed by atoms with van der Waals surface area (Å²) < 4.78 is 0. The summed E-state index contributed by atoms with van der Waals surface area (Å²) in [6.07, 6.45) is 9.61. The number of rotatable bonds is 11. The van der Waals surface area contributed by atoms with Crippen LogP contribution in [0.5, 0.6) is 0 Å². The van der Waals surface area contributed by atoms with Crippen LogP contribution in [0.15, 0.2) is 36.4 Å². The van der Waals surface area contributed by atoms with E-state index in [1.165, 1.54) is 38.5 Å². The summed E-state index contributed by atoms with van der Waals surface area (Å²) in [5.41, 5.74) is 1.98. The van der Waals surface area contributed by atoms with Crippen LogP contribution in [0.3, 0.4) is 0 Å². The normalized spacial score (nSPS) is 11.0. The molecule has 0 saturated heterocycles. The highest BCUT2D eigenvalue weighted by Gasteiger charge is 2.19. The summed E-state index contributed by atoms with van der Waals surface area (Å²) in [7, 11) is 0. The lowest BCUT2D eigenvalue weighted by atomic mass is 9.98. The first kappa shape index (κ1) is 20.5. The molecule has 0 aromatic heterocycles. The van der Waals surface area contributed by atoms with Gasteiger partial charge in [0.05, 0.1) is 5.56 Å². The van der Waals surface area contributed by atoms with Gasteiger partial charge >= 0.3 is 0 Å². The summed E-state index contributed by atoms with van der Waals surface area (Å²) in [5.74, 6) is 0.215. The molecule has 2 rings (SSSR count). The number of benzene rings is 2. The van der Waals surface area contributed by atoms with Crippen molar-refractivity contribution in [1.82, 2.24) is 4.90 Å². The van der Waals surface area contributed by atoms with Crippen LogP contribution in [-0.2, 0) is 0 Å². The summed E-state index contributed by atoms with van der Waals surface area (Å²) in [6, 6.07) is 12.5. The van der Waals surface area contributed by atoms with Crippen molar-refractivity contribution in [2.45, 2.75) is 72.1 Å². The van der Waals surface area contributed by atoms with Crippen molar-refractivity contribution in [2.75, 3.05) is 13.1 Å². The van der Waals surface area contributed by atoms with Crippen LogP contribution in [0.2, 0.25) is 0 Å². The van der Waals surface area contributed by atoms with Gasteiger partial charge < -0.3 is 4.90 Å². The fraction of sp³-hybridized carbons (Fsp3) is 0.542. The Hall–Kier alpha value is -1.83. The Bertz CT molecular complexity index is 680. The van der Waals surface area contributed by atoms with Gasteiger partial charge in [0.1, 0.15) is 0 Å². The van der Waals surface area contributed by atoms with Crippen molar-refractivity contribution in [3.05, 3.63) is 47.5 Å². The first-order valence-corrected chi connectivity index (χ1v) is 10.5. The van der Waals surface area contributed by atoms with Crippen LogP contribution in [0.4, 0.5) is 0 Å². The SMILES string of the molecule is CCCCCCN(CCCCCC)C(=O)c1c(C)ccc2ccccc12. The van der Waals surface area contributed by atoms with Gasteiger partial charge in [-0.25, -0.2) is 0 Å². The largest absolute Gasteiger partial charge is 0.339 e. The Kier molecular flexibility index (Phi) is 8.67. The molecule has 0 aliphatic heterocycles. The summed E-state index contributed by atoms with van der Waals surface area (Å²) in [6.45, 7) is 8.29. The van der Waals surface area contributed by atoms with Crippen molar-refractivity contribution in [3.8, 4) is 0 Å². The third-order valence-electron chi connectivity index (χ3n) is 5.20. The number of aryl methyl sites for hydroxylation is 1. The molecule has 0 bridgehead atoms. The molecule has 0 fully saturated rings. The Morgan fingerprint density at radius 1 is 0.808 bits per heavy atom. The molecule has 142 valence electrons. The topological polar surface area (TPSA) is 20.3 Å². The van der Waals surface area contributed by atoms with Crippen molar-refractivity contribution < 1.29 is 4.79 Å². The molecule has 0 N–H and O–H groups in total. The highest BCUT2D eigenvalue weighted by atomic mass is 16.2. The second kappa shape index (κ2) is 11.0. The van der Waals surface area contributed by atoms with E-state index in [9.17, 15) is 4.79 Å². The van der Waals surface area contributed by atoms with Crippen LogP contribution in [0, 0.1) is 6.92 Å². The third kappa shape index (κ3) is 5.59. The molecule has 0 unspecified atom stereocenters. The molecule has 26 heavy (non-hydrogen) atoms. The summed E-state index contributed by atoms with van der Waals surface area (Å²) >= 11 is 0. The van der Waals surface area contributed by atoms with Crippen molar-refractivity contribution in [1.29, 1.82) is 0 Å². The van der Waals surface area contributed by atoms with E-state index in [-0.39, 0.29) is 5.91 Å². The predicted molar refractivity (Wildman–Crippen MR) is 113 cm³/mol. The molecule has 0 saturated carbocycles. The van der Waals surface area contributed by atoms with Crippen molar-refractivity contribution in [2.24, 2.45) is 0 Å². The fourth-order valence-corrected chi connectivity index (χ4v) is 3.60. The number of hydrogen-bond donors (Lipinski definition) is 0. The molecule has 1 amide bonds. The Labute approximate surface area is 159 Å². The van der Waals surface area contributed by atoms with Crippen molar-refractivity contribution >= 4 is 16.7 Å². The van der Waals surface area contributed by atoms with E-state index in [4.69, 9.17) is 0 Å². The second-order valence-corrected chi connectivity index (χ2v) is 7.39. The van der Waals surface area contributed by atoms with Crippen molar-refractivity contribution in [3.63, 3.8) is 0 Å². The molecule has 0 aliphatic carbocycles. The molecule has 2 heteroatoms. The average Bonchev–Trinajstić information content (AvgIpc) is 2.66. The van der Waals surface area contributed by atoms with Crippen LogP contribution in [0.1, 0.15) is 81.1 Å². The zero-order valence-corrected chi connectivity index (χ0v) is 16.9. The number of carbonyl (C=O) groups excluding carboxylic acids is 1. The average molecular weight is 354 g/mol. The van der Waals surface area contributed by atoms with E-state index in [0.717, 1.165) is 47.8 Å². The van der Waals surface area contributed by atoms with E-state index < -0.39 is 0 Å². The lowest BCUT2D eigenvalue weighted by Crippen LogP contribution is -2.33. The molecule has 2 aromatic carbocycles. The minimum Gasteiger partial charge on any atom is -0.339 e. The predicted octanol–water partition coefficient (Wildman–Crippen LogP) is 6.75. The van der Waals surface area contributed by atoms with Gasteiger partial charge in [0.15, 0.2) is 0 Å². The van der Waals surface area contributed by atoms with Crippen LogP contribution in [0.25, 0.3) is 10.8 Å². The quantitative estimate of drug-likeness (QED) is 0.409. The summed E-state index contributed by atoms with van der Waals surface area (Å²) in [5, 5.41) is 2.24. The lowest BCUT2D eigenvalue weighted by molar-refractivity contribution is 0.0750. The van der Waals surface area contributed by atoms with Crippen LogP contribution < -0.4 is 0 Å². The fourth-order valence-electron chi connectivity index (χ4n) is 3.60. The number of amides is 1. The monoisotopic (exact) mass is 353 g/mol. The molecular formula is C24H35NO. The Morgan fingerprint density at radius 2 is 1.42 bits per heavy atom. The molecule has 0 aliphatic rings.